The molecule has 0 saturated carbocycles. The molecule has 2 atom stereocenters. The van der Waals surface area contributed by atoms with Gasteiger partial charge in [-0.15, -0.1) is 0 Å². The van der Waals surface area contributed by atoms with E-state index < -0.39 is 6.10 Å². The molecule has 0 fully saturated rings. The number of thioether (sulfide) groups is 1. The highest BCUT2D eigenvalue weighted by atomic mass is 35.5. The van der Waals surface area contributed by atoms with E-state index >= 15 is 0 Å². The molecule has 3 N–H and O–H groups in total. The first-order valence-electron chi connectivity index (χ1n) is 7.08. The minimum absolute atomic E-state index is 0.122. The Balaban J connectivity index is 2.27. The van der Waals surface area contributed by atoms with E-state index in [1.54, 1.807) is 24.3 Å². The van der Waals surface area contributed by atoms with Crippen molar-refractivity contribution >= 4 is 29.4 Å². The third-order valence-electron chi connectivity index (χ3n) is 2.99. The van der Waals surface area contributed by atoms with Crippen LogP contribution < -0.4 is 10.6 Å². The lowest BCUT2D eigenvalue weighted by atomic mass is 10.1. The third-order valence-corrected chi connectivity index (χ3v) is 4.17. The first-order chi connectivity index (χ1) is 10.0. The maximum absolute atomic E-state index is 11.7. The smallest absolute Gasteiger partial charge is 0.315 e. The van der Waals surface area contributed by atoms with Crippen molar-refractivity contribution in [1.29, 1.82) is 0 Å². The van der Waals surface area contributed by atoms with Crippen molar-refractivity contribution < 1.29 is 9.90 Å². The van der Waals surface area contributed by atoms with Gasteiger partial charge in [0.1, 0.15) is 0 Å². The van der Waals surface area contributed by atoms with E-state index in [-0.39, 0.29) is 18.6 Å². The predicted octanol–water partition coefficient (Wildman–Crippen LogP) is 3.20. The van der Waals surface area contributed by atoms with Crippen molar-refractivity contribution in [2.45, 2.75) is 32.4 Å². The van der Waals surface area contributed by atoms with Crippen LogP contribution in [0.25, 0.3) is 0 Å². The molecule has 1 rings (SSSR count). The van der Waals surface area contributed by atoms with E-state index in [9.17, 15) is 9.90 Å². The van der Waals surface area contributed by atoms with Crippen LogP contribution in [0.3, 0.4) is 0 Å². The van der Waals surface area contributed by atoms with Crippen LogP contribution in [0.5, 0.6) is 0 Å². The standard InChI is InChI=1S/C15H23ClN2O2S/c1-3-21-9-8-11(2)18-15(20)17-10-14(19)12-4-6-13(16)7-5-12/h4-7,11,14,19H,3,8-10H2,1-2H3,(H2,17,18,20). The summed E-state index contributed by atoms with van der Waals surface area (Å²) in [6.07, 6.45) is 0.199. The fourth-order valence-corrected chi connectivity index (χ4v) is 2.68. The number of carbonyl (C=O) groups is 1. The lowest BCUT2D eigenvalue weighted by Gasteiger charge is -2.16. The molecule has 4 nitrogen and oxygen atoms in total. The number of amides is 2. The second-order valence-corrected chi connectivity index (χ2v) is 6.64. The van der Waals surface area contributed by atoms with Gasteiger partial charge in [-0.25, -0.2) is 4.79 Å². The van der Waals surface area contributed by atoms with Crippen LogP contribution in [0, 0.1) is 0 Å². The molecule has 2 unspecified atom stereocenters. The molecular weight excluding hydrogens is 308 g/mol. The van der Waals surface area contributed by atoms with Crippen LogP contribution in [0.2, 0.25) is 5.02 Å². The molecule has 0 saturated heterocycles. The van der Waals surface area contributed by atoms with E-state index in [4.69, 9.17) is 11.6 Å². The summed E-state index contributed by atoms with van der Waals surface area (Å²) in [5.41, 5.74) is 0.729. The summed E-state index contributed by atoms with van der Waals surface area (Å²) >= 11 is 7.65. The summed E-state index contributed by atoms with van der Waals surface area (Å²) in [5, 5.41) is 16.1. The Kier molecular flexibility index (Phi) is 8.57. The fourth-order valence-electron chi connectivity index (χ4n) is 1.74. The van der Waals surface area contributed by atoms with Gasteiger partial charge < -0.3 is 15.7 Å². The summed E-state index contributed by atoms with van der Waals surface area (Å²) in [6, 6.07) is 6.80. The minimum atomic E-state index is -0.737. The zero-order valence-corrected chi connectivity index (χ0v) is 14.0. The average molecular weight is 331 g/mol. The van der Waals surface area contributed by atoms with E-state index in [0.29, 0.717) is 5.02 Å². The van der Waals surface area contributed by atoms with Gasteiger partial charge in [0, 0.05) is 17.6 Å². The Morgan fingerprint density at radius 2 is 2.05 bits per heavy atom. The second kappa shape index (κ2) is 9.92. The van der Waals surface area contributed by atoms with E-state index in [1.165, 1.54) is 0 Å². The molecule has 0 radical (unpaired) electrons. The van der Waals surface area contributed by atoms with Crippen molar-refractivity contribution in [3.63, 3.8) is 0 Å². The molecular formula is C15H23ClN2O2S. The van der Waals surface area contributed by atoms with Gasteiger partial charge in [0.2, 0.25) is 0 Å². The molecule has 0 spiro atoms. The van der Waals surface area contributed by atoms with Gasteiger partial charge in [0.25, 0.3) is 0 Å². The van der Waals surface area contributed by atoms with Crippen molar-refractivity contribution in [1.82, 2.24) is 10.6 Å². The zero-order chi connectivity index (χ0) is 15.7. The summed E-state index contributed by atoms with van der Waals surface area (Å²) in [6.45, 7) is 4.27. The maximum atomic E-state index is 11.7. The first-order valence-corrected chi connectivity index (χ1v) is 8.61. The monoisotopic (exact) mass is 330 g/mol. The number of aliphatic hydroxyl groups is 1. The molecule has 0 aliphatic heterocycles. The van der Waals surface area contributed by atoms with Gasteiger partial charge in [0.15, 0.2) is 0 Å². The minimum Gasteiger partial charge on any atom is -0.387 e. The summed E-state index contributed by atoms with van der Waals surface area (Å²) in [4.78, 5) is 11.7. The molecule has 0 aromatic heterocycles. The van der Waals surface area contributed by atoms with Crippen LogP contribution in [-0.4, -0.2) is 35.2 Å². The predicted molar refractivity (Wildman–Crippen MR) is 90.0 cm³/mol. The molecule has 6 heteroatoms. The molecule has 2 amide bonds. The van der Waals surface area contributed by atoms with E-state index in [2.05, 4.69) is 17.6 Å². The highest BCUT2D eigenvalue weighted by Crippen LogP contribution is 2.15. The SMILES string of the molecule is CCSCCC(C)NC(=O)NCC(O)c1ccc(Cl)cc1. The third kappa shape index (κ3) is 7.60. The Labute approximate surface area is 135 Å². The highest BCUT2D eigenvalue weighted by Gasteiger charge is 2.11. The number of hydrogen-bond acceptors (Lipinski definition) is 3. The van der Waals surface area contributed by atoms with Gasteiger partial charge in [-0.3, -0.25) is 0 Å². The molecule has 1 aromatic carbocycles. The van der Waals surface area contributed by atoms with Crippen LogP contribution >= 0.6 is 23.4 Å². The van der Waals surface area contributed by atoms with Gasteiger partial charge >= 0.3 is 6.03 Å². The molecule has 0 bridgehead atoms. The molecule has 118 valence electrons. The molecule has 0 heterocycles. The Morgan fingerprint density at radius 3 is 2.67 bits per heavy atom. The average Bonchev–Trinajstić information content (AvgIpc) is 2.46. The first kappa shape index (κ1) is 18.1. The Hall–Kier alpha value is -0.910. The van der Waals surface area contributed by atoms with Crippen molar-refractivity contribution in [2.24, 2.45) is 0 Å². The topological polar surface area (TPSA) is 61.4 Å². The van der Waals surface area contributed by atoms with Crippen LogP contribution in [0.4, 0.5) is 4.79 Å². The zero-order valence-electron chi connectivity index (χ0n) is 12.4. The van der Waals surface area contributed by atoms with Crippen molar-refractivity contribution in [3.8, 4) is 0 Å². The summed E-state index contributed by atoms with van der Waals surface area (Å²) < 4.78 is 0. The second-order valence-electron chi connectivity index (χ2n) is 4.81. The van der Waals surface area contributed by atoms with Crippen LogP contribution in [-0.2, 0) is 0 Å². The van der Waals surface area contributed by atoms with E-state index in [0.717, 1.165) is 23.5 Å². The number of aliphatic hydroxyl groups excluding tert-OH is 1. The number of halogens is 1. The number of nitrogens with one attached hydrogen (secondary N) is 2. The van der Waals surface area contributed by atoms with Gasteiger partial charge in [-0.1, -0.05) is 30.7 Å². The van der Waals surface area contributed by atoms with E-state index in [1.807, 2.05) is 18.7 Å². The lowest BCUT2D eigenvalue weighted by molar-refractivity contribution is 0.172. The van der Waals surface area contributed by atoms with Crippen molar-refractivity contribution in [2.75, 3.05) is 18.1 Å². The summed E-state index contributed by atoms with van der Waals surface area (Å²) in [5.74, 6) is 2.12. The van der Waals surface area contributed by atoms with Crippen LogP contribution in [0.15, 0.2) is 24.3 Å². The van der Waals surface area contributed by atoms with Crippen molar-refractivity contribution in [3.05, 3.63) is 34.9 Å². The van der Waals surface area contributed by atoms with Gasteiger partial charge in [-0.05, 0) is 42.5 Å². The number of hydrogen-bond donors (Lipinski definition) is 3. The van der Waals surface area contributed by atoms with Gasteiger partial charge in [-0.2, -0.15) is 11.8 Å². The molecule has 0 aliphatic rings. The Bertz CT molecular complexity index is 428. The maximum Gasteiger partial charge on any atom is 0.315 e. The molecule has 1 aromatic rings. The van der Waals surface area contributed by atoms with Gasteiger partial charge in [0.05, 0.1) is 6.10 Å². The number of carbonyl (C=O) groups excluding carboxylic acids is 1. The summed E-state index contributed by atoms with van der Waals surface area (Å²) in [7, 11) is 0. The molecule has 0 aliphatic carbocycles. The largest absolute Gasteiger partial charge is 0.387 e. The fraction of sp³-hybridized carbons (Fsp3) is 0.533. The number of urea groups is 1. The lowest BCUT2D eigenvalue weighted by Crippen LogP contribution is -2.42. The molecule has 21 heavy (non-hydrogen) atoms. The number of benzene rings is 1. The number of rotatable bonds is 8. The Morgan fingerprint density at radius 1 is 1.38 bits per heavy atom. The quantitative estimate of drug-likeness (QED) is 0.641. The normalized spacial score (nSPS) is 13.5. The highest BCUT2D eigenvalue weighted by molar-refractivity contribution is 7.99. The van der Waals surface area contributed by atoms with Crippen LogP contribution in [0.1, 0.15) is 31.9 Å².